The minimum Gasteiger partial charge on any atom is -0.457 e. The summed E-state index contributed by atoms with van der Waals surface area (Å²) in [5.74, 6) is 1.57. The van der Waals surface area contributed by atoms with Crippen LogP contribution in [-0.2, 0) is 4.79 Å². The van der Waals surface area contributed by atoms with E-state index in [1.165, 1.54) is 0 Å². The molecular weight excluding hydrogens is 347 g/mol. The van der Waals surface area contributed by atoms with Crippen molar-refractivity contribution in [2.24, 2.45) is 5.92 Å². The third-order valence-electron chi connectivity index (χ3n) is 3.86. The number of carbonyl (C=O) groups is 1. The number of hydrogen-bond acceptors (Lipinski definition) is 3. The topological polar surface area (TPSA) is 50.4 Å². The zero-order chi connectivity index (χ0) is 16.1. The molecule has 0 radical (unpaired) electrons. The maximum absolute atomic E-state index is 12.2. The Morgan fingerprint density at radius 1 is 1.08 bits per heavy atom. The first kappa shape index (κ1) is 18.6. The first-order valence-corrected chi connectivity index (χ1v) is 8.13. The van der Waals surface area contributed by atoms with Crippen molar-refractivity contribution in [3.63, 3.8) is 0 Å². The molecule has 2 aromatic rings. The van der Waals surface area contributed by atoms with Gasteiger partial charge < -0.3 is 15.4 Å². The number of amides is 1. The highest BCUT2D eigenvalue weighted by Gasteiger charge is 2.20. The van der Waals surface area contributed by atoms with Crippen molar-refractivity contribution in [1.29, 1.82) is 0 Å². The van der Waals surface area contributed by atoms with Crippen molar-refractivity contribution < 1.29 is 9.53 Å². The third kappa shape index (κ3) is 5.13. The molecular formula is C18H20Cl2N2O2. The summed E-state index contributed by atoms with van der Waals surface area (Å²) in [4.78, 5) is 12.2. The van der Waals surface area contributed by atoms with Gasteiger partial charge in [-0.2, -0.15) is 0 Å². The minimum absolute atomic E-state index is 0. The first-order chi connectivity index (χ1) is 11.2. The third-order valence-corrected chi connectivity index (χ3v) is 4.10. The second-order valence-corrected chi connectivity index (χ2v) is 6.03. The lowest BCUT2D eigenvalue weighted by Crippen LogP contribution is -2.34. The van der Waals surface area contributed by atoms with Crippen molar-refractivity contribution in [3.05, 3.63) is 53.6 Å². The van der Waals surface area contributed by atoms with E-state index < -0.39 is 0 Å². The Labute approximate surface area is 153 Å². The predicted molar refractivity (Wildman–Crippen MR) is 99.4 cm³/mol. The van der Waals surface area contributed by atoms with Crippen LogP contribution in [0.4, 0.5) is 5.69 Å². The molecule has 0 aliphatic carbocycles. The molecule has 0 unspecified atom stereocenters. The van der Waals surface area contributed by atoms with Gasteiger partial charge in [-0.1, -0.05) is 17.7 Å². The zero-order valence-electron chi connectivity index (χ0n) is 13.1. The van der Waals surface area contributed by atoms with E-state index in [1.54, 1.807) is 12.1 Å². The molecule has 0 spiro atoms. The number of anilines is 1. The molecule has 1 saturated heterocycles. The molecule has 1 aliphatic rings. The van der Waals surface area contributed by atoms with Crippen LogP contribution in [0, 0.1) is 5.92 Å². The summed E-state index contributed by atoms with van der Waals surface area (Å²) < 4.78 is 5.73. The molecule has 128 valence electrons. The number of piperidine rings is 1. The van der Waals surface area contributed by atoms with E-state index in [9.17, 15) is 4.79 Å². The van der Waals surface area contributed by atoms with E-state index >= 15 is 0 Å². The molecule has 0 aromatic heterocycles. The van der Waals surface area contributed by atoms with Gasteiger partial charge in [0.15, 0.2) is 0 Å². The summed E-state index contributed by atoms with van der Waals surface area (Å²) in [5.41, 5.74) is 0.784. The molecule has 0 atom stereocenters. The van der Waals surface area contributed by atoms with Crippen LogP contribution in [-0.4, -0.2) is 19.0 Å². The maximum Gasteiger partial charge on any atom is 0.227 e. The normalized spacial score (nSPS) is 14.5. The van der Waals surface area contributed by atoms with Crippen molar-refractivity contribution in [1.82, 2.24) is 5.32 Å². The smallest absolute Gasteiger partial charge is 0.227 e. The fourth-order valence-electron chi connectivity index (χ4n) is 2.60. The van der Waals surface area contributed by atoms with E-state index in [-0.39, 0.29) is 24.2 Å². The Morgan fingerprint density at radius 2 is 1.79 bits per heavy atom. The van der Waals surface area contributed by atoms with Crippen molar-refractivity contribution in [3.8, 4) is 11.5 Å². The maximum atomic E-state index is 12.2. The molecule has 4 nitrogen and oxygen atoms in total. The van der Waals surface area contributed by atoms with Crippen LogP contribution >= 0.6 is 24.0 Å². The van der Waals surface area contributed by atoms with Crippen LogP contribution < -0.4 is 15.4 Å². The van der Waals surface area contributed by atoms with Gasteiger partial charge in [0.2, 0.25) is 5.91 Å². The highest BCUT2D eigenvalue weighted by molar-refractivity contribution is 6.30. The fourth-order valence-corrected chi connectivity index (χ4v) is 2.78. The Kier molecular flexibility index (Phi) is 6.91. The molecule has 1 amide bonds. The average molecular weight is 367 g/mol. The van der Waals surface area contributed by atoms with Crippen molar-refractivity contribution >= 4 is 35.6 Å². The zero-order valence-corrected chi connectivity index (χ0v) is 14.7. The number of benzene rings is 2. The molecule has 3 rings (SSSR count). The molecule has 1 fully saturated rings. The van der Waals surface area contributed by atoms with Gasteiger partial charge in [0.1, 0.15) is 11.5 Å². The van der Waals surface area contributed by atoms with E-state index in [4.69, 9.17) is 16.3 Å². The molecule has 0 bridgehead atoms. The van der Waals surface area contributed by atoms with E-state index in [0.29, 0.717) is 16.5 Å². The van der Waals surface area contributed by atoms with Crippen LogP contribution in [0.15, 0.2) is 48.5 Å². The van der Waals surface area contributed by atoms with E-state index in [0.717, 1.165) is 31.6 Å². The van der Waals surface area contributed by atoms with Gasteiger partial charge >= 0.3 is 0 Å². The van der Waals surface area contributed by atoms with Crippen LogP contribution in [0.3, 0.4) is 0 Å². The number of ether oxygens (including phenoxy) is 1. The van der Waals surface area contributed by atoms with Gasteiger partial charge in [0, 0.05) is 16.6 Å². The van der Waals surface area contributed by atoms with Crippen LogP contribution in [0.5, 0.6) is 11.5 Å². The molecule has 2 aromatic carbocycles. The highest BCUT2D eigenvalue weighted by Crippen LogP contribution is 2.25. The number of carbonyl (C=O) groups excluding carboxylic acids is 1. The number of rotatable bonds is 4. The van der Waals surface area contributed by atoms with Gasteiger partial charge in [-0.25, -0.2) is 0 Å². The fraction of sp³-hybridized carbons (Fsp3) is 0.278. The van der Waals surface area contributed by atoms with Gasteiger partial charge in [0.05, 0.1) is 0 Å². The summed E-state index contributed by atoms with van der Waals surface area (Å²) in [6.07, 6.45) is 1.78. The van der Waals surface area contributed by atoms with Gasteiger partial charge in [-0.3, -0.25) is 4.79 Å². The largest absolute Gasteiger partial charge is 0.457 e. The molecule has 6 heteroatoms. The quantitative estimate of drug-likeness (QED) is 0.837. The van der Waals surface area contributed by atoms with Crippen molar-refractivity contribution in [2.45, 2.75) is 12.8 Å². The van der Waals surface area contributed by atoms with E-state index in [1.807, 2.05) is 36.4 Å². The Morgan fingerprint density at radius 3 is 2.46 bits per heavy atom. The van der Waals surface area contributed by atoms with E-state index in [2.05, 4.69) is 10.6 Å². The second kappa shape index (κ2) is 8.92. The lowest BCUT2D eigenvalue weighted by atomic mass is 9.97. The molecule has 24 heavy (non-hydrogen) atoms. The summed E-state index contributed by atoms with van der Waals surface area (Å²) in [5, 5.41) is 6.86. The Bertz CT molecular complexity index is 671. The summed E-state index contributed by atoms with van der Waals surface area (Å²) in [6.45, 7) is 1.81. The van der Waals surface area contributed by atoms with Crippen LogP contribution in [0.2, 0.25) is 5.02 Å². The first-order valence-electron chi connectivity index (χ1n) is 7.76. The highest BCUT2D eigenvalue weighted by atomic mass is 35.5. The van der Waals surface area contributed by atoms with Crippen LogP contribution in [0.1, 0.15) is 12.8 Å². The summed E-state index contributed by atoms with van der Waals surface area (Å²) >= 11 is 5.94. The number of halogens is 2. The Balaban J connectivity index is 0.00000208. The molecule has 0 saturated carbocycles. The minimum atomic E-state index is 0. The average Bonchev–Trinajstić information content (AvgIpc) is 2.57. The van der Waals surface area contributed by atoms with Gasteiger partial charge in [0.25, 0.3) is 0 Å². The molecule has 1 heterocycles. The number of nitrogens with one attached hydrogen (secondary N) is 2. The second-order valence-electron chi connectivity index (χ2n) is 5.60. The summed E-state index contributed by atoms with van der Waals surface area (Å²) in [6, 6.07) is 14.6. The lowest BCUT2D eigenvalue weighted by Gasteiger charge is -2.21. The molecule has 2 N–H and O–H groups in total. The SMILES string of the molecule is Cl.O=C(Nc1ccc(Oc2cccc(Cl)c2)cc1)C1CCNCC1. The van der Waals surface area contributed by atoms with Gasteiger partial charge in [-0.05, 0) is 68.4 Å². The lowest BCUT2D eigenvalue weighted by molar-refractivity contribution is -0.120. The molecule has 1 aliphatic heterocycles. The van der Waals surface area contributed by atoms with Crippen molar-refractivity contribution in [2.75, 3.05) is 18.4 Å². The predicted octanol–water partition coefficient (Wildman–Crippen LogP) is 4.49. The standard InChI is InChI=1S/C18H19ClN2O2.ClH/c19-14-2-1-3-17(12-14)23-16-6-4-15(5-7-16)21-18(22)13-8-10-20-11-9-13;/h1-7,12-13,20H,8-11H2,(H,21,22);1H. The van der Waals surface area contributed by atoms with Crippen LogP contribution in [0.25, 0.3) is 0 Å². The monoisotopic (exact) mass is 366 g/mol. The summed E-state index contributed by atoms with van der Waals surface area (Å²) in [7, 11) is 0. The Hall–Kier alpha value is -1.75. The van der Waals surface area contributed by atoms with Gasteiger partial charge in [-0.15, -0.1) is 12.4 Å². The number of hydrogen-bond donors (Lipinski definition) is 2.